The second-order valence-corrected chi connectivity index (χ2v) is 7.05. The molecular weight excluding hydrogens is 312 g/mol. The highest BCUT2D eigenvalue weighted by Gasteiger charge is 2.20. The fraction of sp³-hybridized carbons (Fsp3) is 0.235. The van der Waals surface area contributed by atoms with Crippen molar-refractivity contribution in [2.45, 2.75) is 24.8 Å². The van der Waals surface area contributed by atoms with Crippen LogP contribution in [0.1, 0.15) is 28.4 Å². The molecule has 0 spiro atoms. The number of hydrogen-bond donors (Lipinski definition) is 2. The monoisotopic (exact) mass is 330 g/mol. The molecule has 1 atom stereocenters. The highest BCUT2D eigenvalue weighted by atomic mass is 32.2. The van der Waals surface area contributed by atoms with E-state index in [1.807, 2.05) is 25.1 Å². The molecule has 0 fully saturated rings. The number of nitriles is 1. The minimum Gasteiger partial charge on any atom is -0.387 e. The number of aliphatic hydroxyl groups excluding tert-OH is 1. The summed E-state index contributed by atoms with van der Waals surface area (Å²) in [6.45, 7) is 3.38. The number of aryl methyl sites for hydroxylation is 2. The highest BCUT2D eigenvalue weighted by molar-refractivity contribution is 7.89. The Morgan fingerprint density at radius 1 is 1.17 bits per heavy atom. The molecule has 2 aromatic rings. The zero-order valence-corrected chi connectivity index (χ0v) is 13.8. The van der Waals surface area contributed by atoms with E-state index in [4.69, 9.17) is 5.26 Å². The molecule has 2 rings (SSSR count). The third-order valence-corrected chi connectivity index (χ3v) is 5.19. The van der Waals surface area contributed by atoms with Crippen LogP contribution in [0.2, 0.25) is 0 Å². The van der Waals surface area contributed by atoms with Crippen molar-refractivity contribution in [3.8, 4) is 6.07 Å². The van der Waals surface area contributed by atoms with E-state index in [9.17, 15) is 13.5 Å². The topological polar surface area (TPSA) is 90.2 Å². The quantitative estimate of drug-likeness (QED) is 0.879. The van der Waals surface area contributed by atoms with E-state index >= 15 is 0 Å². The van der Waals surface area contributed by atoms with Crippen LogP contribution in [0.3, 0.4) is 0 Å². The van der Waals surface area contributed by atoms with Crippen LogP contribution in [0.5, 0.6) is 0 Å². The van der Waals surface area contributed by atoms with Crippen molar-refractivity contribution in [3.05, 3.63) is 64.7 Å². The molecule has 0 aliphatic rings. The predicted molar refractivity (Wildman–Crippen MR) is 87.2 cm³/mol. The third kappa shape index (κ3) is 3.96. The first kappa shape index (κ1) is 17.2. The van der Waals surface area contributed by atoms with Crippen LogP contribution in [0.25, 0.3) is 0 Å². The zero-order chi connectivity index (χ0) is 17.0. The number of sulfonamides is 1. The van der Waals surface area contributed by atoms with Crippen molar-refractivity contribution < 1.29 is 13.5 Å². The molecule has 2 N–H and O–H groups in total. The van der Waals surface area contributed by atoms with Gasteiger partial charge < -0.3 is 5.11 Å². The van der Waals surface area contributed by atoms with Crippen molar-refractivity contribution >= 4 is 10.0 Å². The minimum atomic E-state index is -3.80. The summed E-state index contributed by atoms with van der Waals surface area (Å²) >= 11 is 0. The van der Waals surface area contributed by atoms with E-state index in [1.165, 1.54) is 6.07 Å². The molecule has 120 valence electrons. The highest BCUT2D eigenvalue weighted by Crippen LogP contribution is 2.19. The lowest BCUT2D eigenvalue weighted by Crippen LogP contribution is -2.29. The molecule has 0 aliphatic heterocycles. The van der Waals surface area contributed by atoms with Gasteiger partial charge >= 0.3 is 0 Å². The Morgan fingerprint density at radius 3 is 2.52 bits per heavy atom. The van der Waals surface area contributed by atoms with Crippen LogP contribution < -0.4 is 4.72 Å². The zero-order valence-electron chi connectivity index (χ0n) is 12.9. The SMILES string of the molecule is Cc1ccccc1[C@H](O)CNS(=O)(=O)c1cc(C#N)ccc1C. The molecule has 0 saturated heterocycles. The Labute approximate surface area is 136 Å². The smallest absolute Gasteiger partial charge is 0.240 e. The van der Waals surface area contributed by atoms with Crippen molar-refractivity contribution in [1.82, 2.24) is 4.72 Å². The van der Waals surface area contributed by atoms with Crippen molar-refractivity contribution in [3.63, 3.8) is 0 Å². The summed E-state index contributed by atoms with van der Waals surface area (Å²) in [6.07, 6.45) is -0.939. The number of nitrogens with zero attached hydrogens (tertiary/aromatic N) is 1. The van der Waals surface area contributed by atoms with E-state index in [-0.39, 0.29) is 17.0 Å². The number of benzene rings is 2. The first-order chi connectivity index (χ1) is 10.8. The van der Waals surface area contributed by atoms with Crippen LogP contribution in [-0.2, 0) is 10.0 Å². The van der Waals surface area contributed by atoms with Gasteiger partial charge in [0.05, 0.1) is 22.6 Å². The van der Waals surface area contributed by atoms with Gasteiger partial charge in [0, 0.05) is 6.54 Å². The summed E-state index contributed by atoms with van der Waals surface area (Å²) in [7, 11) is -3.80. The molecule has 0 unspecified atom stereocenters. The van der Waals surface area contributed by atoms with Crippen LogP contribution in [0.4, 0.5) is 0 Å². The number of nitrogens with one attached hydrogen (secondary N) is 1. The summed E-state index contributed by atoms with van der Waals surface area (Å²) in [5.74, 6) is 0. The summed E-state index contributed by atoms with van der Waals surface area (Å²) in [5.41, 5.74) is 2.39. The first-order valence-electron chi connectivity index (χ1n) is 7.09. The predicted octanol–water partition coefficient (Wildman–Crippen LogP) is 2.19. The average molecular weight is 330 g/mol. The third-order valence-electron chi connectivity index (χ3n) is 3.62. The molecule has 0 heterocycles. The lowest BCUT2D eigenvalue weighted by molar-refractivity contribution is 0.181. The van der Waals surface area contributed by atoms with Gasteiger partial charge in [0.15, 0.2) is 0 Å². The van der Waals surface area contributed by atoms with Crippen LogP contribution in [0, 0.1) is 25.2 Å². The molecule has 6 heteroatoms. The Bertz CT molecular complexity index is 854. The van der Waals surface area contributed by atoms with Gasteiger partial charge in [-0.2, -0.15) is 5.26 Å². The number of aliphatic hydroxyl groups is 1. The molecule has 0 aliphatic carbocycles. The molecular formula is C17H18N2O3S. The van der Waals surface area contributed by atoms with E-state index in [1.54, 1.807) is 31.2 Å². The van der Waals surface area contributed by atoms with Gasteiger partial charge in [-0.15, -0.1) is 0 Å². The molecule has 0 aromatic heterocycles. The lowest BCUT2D eigenvalue weighted by atomic mass is 10.0. The summed E-state index contributed by atoms with van der Waals surface area (Å²) in [6, 6.07) is 13.7. The lowest BCUT2D eigenvalue weighted by Gasteiger charge is -2.15. The fourth-order valence-electron chi connectivity index (χ4n) is 2.30. The molecule has 5 nitrogen and oxygen atoms in total. The maximum atomic E-state index is 12.4. The normalized spacial score (nSPS) is 12.6. The first-order valence-corrected chi connectivity index (χ1v) is 8.57. The molecule has 23 heavy (non-hydrogen) atoms. The van der Waals surface area contributed by atoms with Crippen LogP contribution in [-0.4, -0.2) is 20.1 Å². The van der Waals surface area contributed by atoms with Gasteiger partial charge in [0.25, 0.3) is 0 Å². The maximum absolute atomic E-state index is 12.4. The summed E-state index contributed by atoms with van der Waals surface area (Å²) in [4.78, 5) is 0.0496. The molecule has 0 radical (unpaired) electrons. The summed E-state index contributed by atoms with van der Waals surface area (Å²) < 4.78 is 27.2. The maximum Gasteiger partial charge on any atom is 0.240 e. The Kier molecular flexibility index (Phi) is 5.16. The molecule has 2 aromatic carbocycles. The minimum absolute atomic E-state index is 0.0496. The van der Waals surface area contributed by atoms with Crippen LogP contribution >= 0.6 is 0 Å². The molecule has 0 bridgehead atoms. The second-order valence-electron chi connectivity index (χ2n) is 5.32. The van der Waals surface area contributed by atoms with Crippen molar-refractivity contribution in [1.29, 1.82) is 5.26 Å². The van der Waals surface area contributed by atoms with E-state index in [0.29, 0.717) is 11.1 Å². The van der Waals surface area contributed by atoms with E-state index < -0.39 is 16.1 Å². The molecule has 0 saturated carbocycles. The standard InChI is InChI=1S/C17H18N2O3S/c1-12-5-3-4-6-15(12)16(20)11-19-23(21,22)17-9-14(10-18)8-7-13(17)2/h3-9,16,19-20H,11H2,1-2H3/t16-/m1/s1. The average Bonchev–Trinajstić information content (AvgIpc) is 2.53. The van der Waals surface area contributed by atoms with Gasteiger partial charge in [0.1, 0.15) is 0 Å². The van der Waals surface area contributed by atoms with E-state index in [0.717, 1.165) is 5.56 Å². The van der Waals surface area contributed by atoms with Gasteiger partial charge in [0.2, 0.25) is 10.0 Å². The Hall–Kier alpha value is -2.20. The summed E-state index contributed by atoms with van der Waals surface area (Å²) in [5, 5.41) is 19.1. The molecule has 0 amide bonds. The second kappa shape index (κ2) is 6.92. The van der Waals surface area contributed by atoms with Gasteiger partial charge in [-0.05, 0) is 42.7 Å². The largest absolute Gasteiger partial charge is 0.387 e. The van der Waals surface area contributed by atoms with Gasteiger partial charge in [-0.3, -0.25) is 0 Å². The fourth-order valence-corrected chi connectivity index (χ4v) is 3.60. The van der Waals surface area contributed by atoms with Crippen LogP contribution in [0.15, 0.2) is 47.4 Å². The Morgan fingerprint density at radius 2 is 1.87 bits per heavy atom. The van der Waals surface area contributed by atoms with E-state index in [2.05, 4.69) is 4.72 Å². The number of hydrogen-bond acceptors (Lipinski definition) is 4. The van der Waals surface area contributed by atoms with Crippen molar-refractivity contribution in [2.24, 2.45) is 0 Å². The van der Waals surface area contributed by atoms with Gasteiger partial charge in [-0.25, -0.2) is 13.1 Å². The Balaban J connectivity index is 2.20. The number of rotatable bonds is 5. The van der Waals surface area contributed by atoms with Gasteiger partial charge in [-0.1, -0.05) is 30.3 Å². The van der Waals surface area contributed by atoms with Crippen molar-refractivity contribution in [2.75, 3.05) is 6.54 Å².